The second-order valence-corrected chi connectivity index (χ2v) is 7.89. The molecule has 1 aromatic heterocycles. The van der Waals surface area contributed by atoms with E-state index in [1.807, 2.05) is 24.4 Å². The third-order valence-corrected chi connectivity index (χ3v) is 5.43. The lowest BCUT2D eigenvalue weighted by molar-refractivity contribution is -0.134. The van der Waals surface area contributed by atoms with Gasteiger partial charge in [0.15, 0.2) is 17.3 Å². The molecular weight excluding hydrogens is 462 g/mol. The molecule has 8 heteroatoms. The lowest BCUT2D eigenvalue weighted by Crippen LogP contribution is -2.12. The van der Waals surface area contributed by atoms with Crippen molar-refractivity contribution in [3.05, 3.63) is 72.4 Å². The summed E-state index contributed by atoms with van der Waals surface area (Å²) in [5, 5.41) is 0.816. The number of benzene rings is 3. The summed E-state index contributed by atoms with van der Waals surface area (Å²) < 4.78 is 23.2. The molecule has 182 valence electrons. The predicted octanol–water partition coefficient (Wildman–Crippen LogP) is 4.66. The molecule has 0 unspecified atom stereocenters. The standard InChI is InChI=1S/C28H23NO7/c1-17(30)35-25-11-10-20(12-26(25)36-18(2)31)24(32)16-29-15-22(19-8-6-5-7-9-19)28-23(29)13-21(33-3)14-27(28)34-4/h6,8-15H,16H2,1-4H3. The van der Waals surface area contributed by atoms with Crippen LogP contribution < -0.4 is 18.9 Å². The Balaban J connectivity index is 1.79. The molecule has 1 heterocycles. The van der Waals surface area contributed by atoms with Crippen LogP contribution in [0.25, 0.3) is 22.0 Å². The van der Waals surface area contributed by atoms with Crippen molar-refractivity contribution in [1.82, 2.24) is 4.57 Å². The first-order valence-electron chi connectivity index (χ1n) is 11.0. The Hall–Kier alpha value is -4.59. The molecule has 0 fully saturated rings. The minimum Gasteiger partial charge on any atom is -0.497 e. The summed E-state index contributed by atoms with van der Waals surface area (Å²) in [6, 6.07) is 19.3. The molecular formula is C28H23NO7. The summed E-state index contributed by atoms with van der Waals surface area (Å²) in [5.74, 6) is -0.223. The SMILES string of the molecule is COc1cc(OC)c2c(-c3c[c][c]cc3)cn(CC(=O)c3ccc(OC(C)=O)c(OC(C)=O)c3)c2c1. The molecule has 0 saturated heterocycles. The molecule has 2 radical (unpaired) electrons. The maximum atomic E-state index is 13.3. The number of fused-ring (bicyclic) bond motifs is 1. The highest BCUT2D eigenvalue weighted by Crippen LogP contribution is 2.40. The Kier molecular flexibility index (Phi) is 7.05. The zero-order valence-corrected chi connectivity index (χ0v) is 20.2. The van der Waals surface area contributed by atoms with E-state index in [9.17, 15) is 14.4 Å². The molecule has 0 N–H and O–H groups in total. The number of hydrogen-bond acceptors (Lipinski definition) is 7. The summed E-state index contributed by atoms with van der Waals surface area (Å²) in [4.78, 5) is 36.3. The van der Waals surface area contributed by atoms with Crippen LogP contribution in [0.1, 0.15) is 24.2 Å². The Bertz CT molecular complexity index is 1450. The molecule has 36 heavy (non-hydrogen) atoms. The topological polar surface area (TPSA) is 93.1 Å². The molecule has 0 aliphatic rings. The van der Waals surface area contributed by atoms with Crippen molar-refractivity contribution in [2.45, 2.75) is 20.4 Å². The number of aromatic nitrogens is 1. The number of nitrogens with zero attached hydrogens (tertiary/aromatic N) is 1. The highest BCUT2D eigenvalue weighted by Gasteiger charge is 2.20. The molecule has 4 aromatic rings. The zero-order valence-electron chi connectivity index (χ0n) is 20.2. The van der Waals surface area contributed by atoms with Gasteiger partial charge in [0.25, 0.3) is 0 Å². The van der Waals surface area contributed by atoms with Gasteiger partial charge >= 0.3 is 11.9 Å². The van der Waals surface area contributed by atoms with Gasteiger partial charge in [0.05, 0.1) is 26.3 Å². The van der Waals surface area contributed by atoms with Crippen LogP contribution in [0.15, 0.2) is 54.7 Å². The van der Waals surface area contributed by atoms with Gasteiger partial charge in [-0.3, -0.25) is 14.4 Å². The quantitative estimate of drug-likeness (QED) is 0.204. The molecule has 3 aromatic carbocycles. The molecule has 4 rings (SSSR count). The molecule has 0 spiro atoms. The van der Waals surface area contributed by atoms with Crippen molar-refractivity contribution in [3.63, 3.8) is 0 Å². The van der Waals surface area contributed by atoms with E-state index in [4.69, 9.17) is 18.9 Å². The minimum atomic E-state index is -0.606. The second-order valence-electron chi connectivity index (χ2n) is 7.89. The number of ether oxygens (including phenoxy) is 4. The van der Waals surface area contributed by atoms with Gasteiger partial charge < -0.3 is 23.5 Å². The van der Waals surface area contributed by atoms with Crippen molar-refractivity contribution in [1.29, 1.82) is 0 Å². The Morgan fingerprint density at radius 2 is 1.61 bits per heavy atom. The van der Waals surface area contributed by atoms with Crippen molar-refractivity contribution in [2.24, 2.45) is 0 Å². The van der Waals surface area contributed by atoms with E-state index in [-0.39, 0.29) is 29.4 Å². The van der Waals surface area contributed by atoms with Crippen LogP contribution in [0.5, 0.6) is 23.0 Å². The lowest BCUT2D eigenvalue weighted by atomic mass is 10.0. The number of esters is 2. The largest absolute Gasteiger partial charge is 0.497 e. The highest BCUT2D eigenvalue weighted by atomic mass is 16.6. The molecule has 0 aliphatic carbocycles. The lowest BCUT2D eigenvalue weighted by Gasteiger charge is -2.11. The smallest absolute Gasteiger partial charge is 0.308 e. The van der Waals surface area contributed by atoms with Crippen molar-refractivity contribution >= 4 is 28.6 Å². The number of ketones is 1. The van der Waals surface area contributed by atoms with E-state index in [1.165, 1.54) is 32.0 Å². The van der Waals surface area contributed by atoms with E-state index in [2.05, 4.69) is 12.1 Å². The summed E-state index contributed by atoms with van der Waals surface area (Å²) in [6.07, 6.45) is 1.87. The molecule has 0 atom stereocenters. The van der Waals surface area contributed by atoms with Gasteiger partial charge in [0.1, 0.15) is 11.5 Å². The monoisotopic (exact) mass is 485 g/mol. The van der Waals surface area contributed by atoms with Crippen LogP contribution in [0.2, 0.25) is 0 Å². The number of methoxy groups -OCH3 is 2. The van der Waals surface area contributed by atoms with Crippen LogP contribution in [-0.4, -0.2) is 36.5 Å². The maximum Gasteiger partial charge on any atom is 0.308 e. The van der Waals surface area contributed by atoms with E-state index in [0.717, 1.165) is 22.0 Å². The van der Waals surface area contributed by atoms with E-state index >= 15 is 0 Å². The zero-order chi connectivity index (χ0) is 25.8. The van der Waals surface area contributed by atoms with Crippen LogP contribution in [0.4, 0.5) is 0 Å². The fourth-order valence-corrected chi connectivity index (χ4v) is 3.91. The van der Waals surface area contributed by atoms with E-state index in [0.29, 0.717) is 11.5 Å². The van der Waals surface area contributed by atoms with Crippen molar-refractivity contribution < 1.29 is 33.3 Å². The third-order valence-electron chi connectivity index (χ3n) is 5.43. The van der Waals surface area contributed by atoms with Gasteiger partial charge in [0.2, 0.25) is 0 Å². The number of carbonyl (C=O) groups excluding carboxylic acids is 3. The van der Waals surface area contributed by atoms with Gasteiger partial charge in [-0.1, -0.05) is 12.1 Å². The highest BCUT2D eigenvalue weighted by molar-refractivity contribution is 6.03. The van der Waals surface area contributed by atoms with Crippen LogP contribution in [0.3, 0.4) is 0 Å². The van der Waals surface area contributed by atoms with Gasteiger partial charge in [-0.25, -0.2) is 0 Å². The molecule has 0 saturated carbocycles. The number of carbonyl (C=O) groups is 3. The fourth-order valence-electron chi connectivity index (χ4n) is 3.91. The summed E-state index contributed by atoms with van der Waals surface area (Å²) >= 11 is 0. The maximum absolute atomic E-state index is 13.3. The number of rotatable bonds is 8. The van der Waals surface area contributed by atoms with Crippen LogP contribution in [0, 0.1) is 12.1 Å². The van der Waals surface area contributed by atoms with E-state index in [1.54, 1.807) is 30.9 Å². The second kappa shape index (κ2) is 10.4. The van der Waals surface area contributed by atoms with Crippen LogP contribution in [-0.2, 0) is 16.1 Å². The van der Waals surface area contributed by atoms with E-state index < -0.39 is 11.9 Å². The summed E-state index contributed by atoms with van der Waals surface area (Å²) in [7, 11) is 3.13. The van der Waals surface area contributed by atoms with Gasteiger partial charge in [0, 0.05) is 48.7 Å². The van der Waals surface area contributed by atoms with Crippen LogP contribution >= 0.6 is 0 Å². The first-order valence-corrected chi connectivity index (χ1v) is 11.0. The first kappa shape index (κ1) is 24.5. The predicted molar refractivity (Wildman–Crippen MR) is 132 cm³/mol. The number of Topliss-reactive ketones (excluding diaryl/α,β-unsaturated/α-hetero) is 1. The minimum absolute atomic E-state index is 0.0129. The fraction of sp³-hybridized carbons (Fsp3) is 0.179. The average Bonchev–Trinajstić information content (AvgIpc) is 3.22. The molecule has 0 aliphatic heterocycles. The third kappa shape index (κ3) is 5.07. The van der Waals surface area contributed by atoms with Crippen molar-refractivity contribution in [2.75, 3.05) is 14.2 Å². The average molecular weight is 485 g/mol. The van der Waals surface area contributed by atoms with Gasteiger partial charge in [-0.05, 0) is 42.0 Å². The van der Waals surface area contributed by atoms with Gasteiger partial charge in [-0.2, -0.15) is 0 Å². The Labute approximate surface area is 208 Å². The number of hydrogen-bond donors (Lipinski definition) is 0. The van der Waals surface area contributed by atoms with Crippen molar-refractivity contribution in [3.8, 4) is 34.1 Å². The molecule has 8 nitrogen and oxygen atoms in total. The Morgan fingerprint density at radius 1 is 0.861 bits per heavy atom. The summed E-state index contributed by atoms with van der Waals surface area (Å²) in [5.41, 5.74) is 2.76. The summed E-state index contributed by atoms with van der Waals surface area (Å²) in [6.45, 7) is 2.43. The molecule has 0 amide bonds. The van der Waals surface area contributed by atoms with Gasteiger partial charge in [-0.15, -0.1) is 0 Å². The normalized spacial score (nSPS) is 10.7. The Morgan fingerprint density at radius 3 is 2.25 bits per heavy atom. The molecule has 0 bridgehead atoms. The first-order chi connectivity index (χ1) is 17.3.